The molecule has 6 heteroatoms. The molecule has 0 radical (unpaired) electrons. The van der Waals surface area contributed by atoms with Crippen LogP contribution in [-0.2, 0) is 6.42 Å². The monoisotopic (exact) mass is 174 g/mol. The molecular weight excluding hydrogens is 168 g/mol. The number of rotatable bonds is 1. The van der Waals surface area contributed by atoms with Crippen LogP contribution in [0.3, 0.4) is 0 Å². The molecule has 0 aliphatic heterocycles. The van der Waals surface area contributed by atoms with Crippen molar-refractivity contribution in [2.45, 2.75) is 6.42 Å². The molecule has 0 bridgehead atoms. The van der Waals surface area contributed by atoms with E-state index in [1.54, 1.807) is 6.08 Å². The third kappa shape index (κ3) is 1.09. The van der Waals surface area contributed by atoms with Crippen LogP contribution in [0.25, 0.3) is 16.1 Å². The van der Waals surface area contributed by atoms with E-state index in [9.17, 15) is 0 Å². The van der Waals surface area contributed by atoms with E-state index in [4.69, 9.17) is 11.3 Å². The summed E-state index contributed by atoms with van der Waals surface area (Å²) in [6.45, 7) is 0. The van der Waals surface area contributed by atoms with Gasteiger partial charge in [0.1, 0.15) is 12.1 Å². The molecule has 0 saturated carbocycles. The highest BCUT2D eigenvalue weighted by atomic mass is 15.1. The van der Waals surface area contributed by atoms with Crippen molar-refractivity contribution in [2.75, 3.05) is 5.73 Å². The first kappa shape index (κ1) is 7.57. The van der Waals surface area contributed by atoms with Crippen LogP contribution < -0.4 is 5.73 Å². The fourth-order valence-electron chi connectivity index (χ4n) is 1.31. The van der Waals surface area contributed by atoms with Gasteiger partial charge in [0.15, 0.2) is 0 Å². The van der Waals surface area contributed by atoms with Gasteiger partial charge in [0.2, 0.25) is 0 Å². The van der Waals surface area contributed by atoms with Gasteiger partial charge in [0.05, 0.1) is 5.69 Å². The van der Waals surface area contributed by atoms with Gasteiger partial charge in [0, 0.05) is 22.6 Å². The maximum absolute atomic E-state index is 8.28. The molecule has 1 heterocycles. The summed E-state index contributed by atoms with van der Waals surface area (Å²) in [6, 6.07) is 0. The van der Waals surface area contributed by atoms with Crippen molar-refractivity contribution in [3.8, 4) is 0 Å². The van der Waals surface area contributed by atoms with Gasteiger partial charge in [-0.3, -0.25) is 0 Å². The number of anilines is 1. The lowest BCUT2D eigenvalue weighted by molar-refractivity contribution is 1.07. The van der Waals surface area contributed by atoms with Gasteiger partial charge in [-0.25, -0.2) is 9.97 Å². The third-order valence-electron chi connectivity index (χ3n) is 1.85. The summed E-state index contributed by atoms with van der Waals surface area (Å²) in [5.74, 6) is 0.362. The van der Waals surface area contributed by atoms with Crippen LogP contribution in [0.2, 0.25) is 0 Å². The van der Waals surface area contributed by atoms with Crippen molar-refractivity contribution < 1.29 is 0 Å². The van der Waals surface area contributed by atoms with Gasteiger partial charge in [0.25, 0.3) is 0 Å². The molecule has 1 aliphatic rings. The summed E-state index contributed by atoms with van der Waals surface area (Å²) in [7, 11) is 0. The summed E-state index contributed by atoms with van der Waals surface area (Å²) < 4.78 is 0. The van der Waals surface area contributed by atoms with Crippen LogP contribution in [0.4, 0.5) is 5.82 Å². The van der Waals surface area contributed by atoms with Gasteiger partial charge in [-0.1, -0.05) is 11.2 Å². The average molecular weight is 174 g/mol. The molecule has 0 unspecified atom stereocenters. The molecule has 0 atom stereocenters. The number of allylic oxidation sites excluding steroid dienone is 1. The largest absolute Gasteiger partial charge is 0.383 e. The first-order valence-corrected chi connectivity index (χ1v) is 3.68. The number of fused-ring (bicyclic) bond motifs is 1. The Morgan fingerprint density at radius 3 is 3.15 bits per heavy atom. The highest BCUT2D eigenvalue weighted by Crippen LogP contribution is 2.29. The summed E-state index contributed by atoms with van der Waals surface area (Å²) in [5.41, 5.74) is 15.9. The number of nitrogens with zero attached hydrogens (tertiary/aromatic N) is 5. The quantitative estimate of drug-likeness (QED) is 0.394. The van der Waals surface area contributed by atoms with Crippen molar-refractivity contribution in [3.05, 3.63) is 34.1 Å². The zero-order valence-electron chi connectivity index (χ0n) is 6.68. The van der Waals surface area contributed by atoms with E-state index in [-0.39, 0.29) is 0 Å². The lowest BCUT2D eigenvalue weighted by atomic mass is 10.2. The van der Waals surface area contributed by atoms with Crippen LogP contribution in [0.15, 0.2) is 17.5 Å². The Balaban J connectivity index is 2.60. The summed E-state index contributed by atoms with van der Waals surface area (Å²) in [6.07, 6.45) is 3.84. The summed E-state index contributed by atoms with van der Waals surface area (Å²) >= 11 is 0. The zero-order valence-corrected chi connectivity index (χ0v) is 6.68. The number of hydrogen-bond acceptors (Lipinski definition) is 4. The fraction of sp³-hybridized carbons (Fsp3) is 0.143. The maximum atomic E-state index is 8.28. The fourth-order valence-corrected chi connectivity index (χ4v) is 1.31. The summed E-state index contributed by atoms with van der Waals surface area (Å²) in [4.78, 5) is 10.6. The molecule has 0 saturated heterocycles. The predicted octanol–water partition coefficient (Wildman–Crippen LogP) is 1.27. The molecular formula is C7H6N6. The van der Waals surface area contributed by atoms with E-state index >= 15 is 0 Å². The first-order chi connectivity index (χ1) is 6.33. The van der Waals surface area contributed by atoms with E-state index in [1.165, 1.54) is 6.33 Å². The lowest BCUT2D eigenvalue weighted by Crippen LogP contribution is -1.99. The number of nitrogens with two attached hydrogens (primary N) is 1. The van der Waals surface area contributed by atoms with Crippen molar-refractivity contribution in [2.24, 2.45) is 5.11 Å². The minimum Gasteiger partial charge on any atom is -0.383 e. The standard InChI is InChI=1S/C7H6N6/c8-7-6-4(10-3-11-7)1-2-5(6)12-13-9/h2-3H,1H2,(H2,8,10,11). The molecule has 13 heavy (non-hydrogen) atoms. The minimum absolute atomic E-state index is 0.362. The predicted molar refractivity (Wildman–Crippen MR) is 47.3 cm³/mol. The molecule has 0 aromatic carbocycles. The molecule has 0 fully saturated rings. The van der Waals surface area contributed by atoms with Crippen LogP contribution in [0.5, 0.6) is 0 Å². The second kappa shape index (κ2) is 2.76. The van der Waals surface area contributed by atoms with Gasteiger partial charge in [-0.05, 0) is 5.53 Å². The van der Waals surface area contributed by atoms with Gasteiger partial charge >= 0.3 is 0 Å². The second-order valence-electron chi connectivity index (χ2n) is 2.56. The number of azide groups is 1. The molecule has 1 aromatic heterocycles. The van der Waals surface area contributed by atoms with Gasteiger partial charge in [-0.2, -0.15) is 0 Å². The van der Waals surface area contributed by atoms with Crippen molar-refractivity contribution >= 4 is 11.5 Å². The Hall–Kier alpha value is -2.07. The smallest absolute Gasteiger partial charge is 0.134 e. The lowest BCUT2D eigenvalue weighted by Gasteiger charge is -2.01. The maximum Gasteiger partial charge on any atom is 0.134 e. The molecule has 1 aliphatic carbocycles. The number of hydrogen-bond donors (Lipinski definition) is 1. The molecule has 64 valence electrons. The van der Waals surface area contributed by atoms with E-state index in [0.717, 1.165) is 5.69 Å². The molecule has 1 aromatic rings. The Bertz CT molecular complexity index is 429. The third-order valence-corrected chi connectivity index (χ3v) is 1.85. The van der Waals surface area contributed by atoms with Crippen molar-refractivity contribution in [3.63, 3.8) is 0 Å². The highest BCUT2D eigenvalue weighted by Gasteiger charge is 2.17. The van der Waals surface area contributed by atoms with Gasteiger partial charge < -0.3 is 5.73 Å². The van der Waals surface area contributed by atoms with E-state index < -0.39 is 0 Å². The van der Waals surface area contributed by atoms with Crippen LogP contribution in [0.1, 0.15) is 11.3 Å². The van der Waals surface area contributed by atoms with Gasteiger partial charge in [-0.15, -0.1) is 0 Å². The van der Waals surface area contributed by atoms with E-state index in [1.807, 2.05) is 0 Å². The van der Waals surface area contributed by atoms with E-state index in [2.05, 4.69) is 20.0 Å². The summed E-state index contributed by atoms with van der Waals surface area (Å²) in [5, 5.41) is 3.51. The average Bonchev–Trinajstić information content (AvgIpc) is 2.51. The van der Waals surface area contributed by atoms with Crippen LogP contribution in [0, 0.1) is 0 Å². The minimum atomic E-state index is 0.362. The SMILES string of the molecule is [N-]=[N+]=NC1=CCc2ncnc(N)c21. The molecule has 0 amide bonds. The highest BCUT2D eigenvalue weighted by molar-refractivity contribution is 5.77. The number of aromatic nitrogens is 2. The van der Waals surface area contributed by atoms with E-state index in [0.29, 0.717) is 23.5 Å². The van der Waals surface area contributed by atoms with Crippen molar-refractivity contribution in [1.29, 1.82) is 0 Å². The zero-order chi connectivity index (χ0) is 9.26. The van der Waals surface area contributed by atoms with Crippen molar-refractivity contribution in [1.82, 2.24) is 9.97 Å². The normalized spacial score (nSPS) is 13.1. The topological polar surface area (TPSA) is 101 Å². The molecule has 6 nitrogen and oxygen atoms in total. The Labute approximate surface area is 73.7 Å². The Morgan fingerprint density at radius 2 is 2.38 bits per heavy atom. The number of nitrogen functional groups attached to an aromatic ring is 1. The second-order valence-corrected chi connectivity index (χ2v) is 2.56. The molecule has 2 rings (SSSR count). The van der Waals surface area contributed by atoms with Crippen LogP contribution >= 0.6 is 0 Å². The first-order valence-electron chi connectivity index (χ1n) is 3.68. The molecule has 0 spiro atoms. The molecule has 2 N–H and O–H groups in total. The Morgan fingerprint density at radius 1 is 1.54 bits per heavy atom. The van der Waals surface area contributed by atoms with Crippen LogP contribution in [-0.4, -0.2) is 9.97 Å². The Kier molecular flexibility index (Phi) is 1.61.